The van der Waals surface area contributed by atoms with Crippen LogP contribution in [0.4, 0.5) is 4.39 Å². The maximum Gasteiger partial charge on any atom is 0.243 e. The number of halogens is 1. The second kappa shape index (κ2) is 8.37. The summed E-state index contributed by atoms with van der Waals surface area (Å²) in [5.41, 5.74) is 1.44. The van der Waals surface area contributed by atoms with E-state index in [-0.39, 0.29) is 4.90 Å². The number of aryl methyl sites for hydroxylation is 1. The molecule has 0 spiro atoms. The van der Waals surface area contributed by atoms with E-state index in [1.807, 2.05) is 31.2 Å². The Labute approximate surface area is 160 Å². The molecular weight excluding hydrogens is 367 g/mol. The van der Waals surface area contributed by atoms with Crippen molar-refractivity contribution in [1.82, 2.24) is 9.21 Å². The summed E-state index contributed by atoms with van der Waals surface area (Å²) >= 11 is 0. The minimum absolute atomic E-state index is 0.150. The van der Waals surface area contributed by atoms with Gasteiger partial charge in [-0.15, -0.1) is 0 Å². The van der Waals surface area contributed by atoms with Crippen molar-refractivity contribution in [2.75, 3.05) is 32.8 Å². The summed E-state index contributed by atoms with van der Waals surface area (Å²) in [6, 6.07) is 11.9. The van der Waals surface area contributed by atoms with Crippen LogP contribution in [0.3, 0.4) is 0 Å². The van der Waals surface area contributed by atoms with Gasteiger partial charge in [-0.1, -0.05) is 18.2 Å². The molecule has 1 aliphatic heterocycles. The fourth-order valence-corrected chi connectivity index (χ4v) is 4.73. The molecule has 1 heterocycles. The fourth-order valence-electron chi connectivity index (χ4n) is 3.23. The van der Waals surface area contributed by atoms with Crippen LogP contribution in [0.5, 0.6) is 5.75 Å². The van der Waals surface area contributed by atoms with Crippen LogP contribution in [0.2, 0.25) is 0 Å². The van der Waals surface area contributed by atoms with E-state index in [1.165, 1.54) is 22.5 Å². The lowest BCUT2D eigenvalue weighted by molar-refractivity contribution is 0.179. The summed E-state index contributed by atoms with van der Waals surface area (Å²) in [4.78, 5) is 2.37. The molecule has 7 heteroatoms. The van der Waals surface area contributed by atoms with Gasteiger partial charge in [0.15, 0.2) is 0 Å². The molecule has 3 rings (SSSR count). The van der Waals surface area contributed by atoms with Crippen LogP contribution in [0.25, 0.3) is 0 Å². The van der Waals surface area contributed by atoms with E-state index >= 15 is 0 Å². The van der Waals surface area contributed by atoms with Crippen LogP contribution in [0, 0.1) is 12.7 Å². The lowest BCUT2D eigenvalue weighted by Crippen LogP contribution is -2.48. The van der Waals surface area contributed by atoms with Gasteiger partial charge in [-0.25, -0.2) is 12.8 Å². The Bertz CT molecular complexity index is 894. The van der Waals surface area contributed by atoms with Crippen molar-refractivity contribution < 1.29 is 17.5 Å². The van der Waals surface area contributed by atoms with E-state index in [0.29, 0.717) is 38.3 Å². The zero-order valence-electron chi connectivity index (χ0n) is 15.7. The number of nitrogens with zero attached hydrogens (tertiary/aromatic N) is 2. The molecule has 0 N–H and O–H groups in total. The molecule has 0 amide bonds. The summed E-state index contributed by atoms with van der Waals surface area (Å²) < 4.78 is 46.2. The average Bonchev–Trinajstić information content (AvgIpc) is 2.66. The Morgan fingerprint density at radius 2 is 1.78 bits per heavy atom. The highest BCUT2D eigenvalue weighted by molar-refractivity contribution is 7.89. The Kier molecular flexibility index (Phi) is 6.14. The van der Waals surface area contributed by atoms with Gasteiger partial charge in [0.05, 0.1) is 11.5 Å². The molecule has 0 saturated carbocycles. The highest BCUT2D eigenvalue weighted by atomic mass is 32.2. The maximum atomic E-state index is 13.4. The van der Waals surface area contributed by atoms with Gasteiger partial charge >= 0.3 is 0 Å². The first-order valence-electron chi connectivity index (χ1n) is 9.11. The van der Waals surface area contributed by atoms with Crippen molar-refractivity contribution in [3.8, 4) is 5.75 Å². The Morgan fingerprint density at radius 3 is 2.44 bits per heavy atom. The molecule has 1 saturated heterocycles. The highest BCUT2D eigenvalue weighted by Crippen LogP contribution is 2.23. The van der Waals surface area contributed by atoms with Gasteiger partial charge < -0.3 is 4.74 Å². The first-order valence-corrected chi connectivity index (χ1v) is 10.5. The average molecular weight is 392 g/mol. The molecule has 2 aromatic carbocycles. The first kappa shape index (κ1) is 19.8. The smallest absolute Gasteiger partial charge is 0.243 e. The number of hydrogen-bond acceptors (Lipinski definition) is 4. The Morgan fingerprint density at radius 1 is 1.07 bits per heavy atom. The predicted octanol–water partition coefficient (Wildman–Crippen LogP) is 3.04. The third-order valence-corrected chi connectivity index (χ3v) is 6.66. The molecule has 0 aliphatic carbocycles. The van der Waals surface area contributed by atoms with Gasteiger partial charge in [-0.2, -0.15) is 4.31 Å². The van der Waals surface area contributed by atoms with Crippen molar-refractivity contribution in [3.63, 3.8) is 0 Å². The summed E-state index contributed by atoms with van der Waals surface area (Å²) in [6.45, 7) is 6.96. The van der Waals surface area contributed by atoms with Gasteiger partial charge in [0.2, 0.25) is 10.0 Å². The topological polar surface area (TPSA) is 49.9 Å². The maximum absolute atomic E-state index is 13.4. The fraction of sp³-hybridized carbons (Fsp3) is 0.400. The van der Waals surface area contributed by atoms with Gasteiger partial charge in [0.25, 0.3) is 0 Å². The summed E-state index contributed by atoms with van der Waals surface area (Å²) in [6.07, 6.45) is 0. The number of ether oxygens (including phenoxy) is 1. The molecule has 0 bridgehead atoms. The largest absolute Gasteiger partial charge is 0.494 e. The van der Waals surface area contributed by atoms with Gasteiger partial charge in [0.1, 0.15) is 11.6 Å². The molecular formula is C20H25FN2O3S. The zero-order chi connectivity index (χ0) is 19.4. The number of piperazine rings is 1. The number of benzene rings is 2. The van der Waals surface area contributed by atoms with Gasteiger partial charge in [-0.05, 0) is 43.7 Å². The molecule has 27 heavy (non-hydrogen) atoms. The summed E-state index contributed by atoms with van der Waals surface area (Å²) in [5, 5.41) is 0. The molecule has 2 aromatic rings. The van der Waals surface area contributed by atoms with E-state index < -0.39 is 15.8 Å². The monoisotopic (exact) mass is 392 g/mol. The van der Waals surface area contributed by atoms with Crippen molar-refractivity contribution in [3.05, 3.63) is 59.4 Å². The summed E-state index contributed by atoms with van der Waals surface area (Å²) in [5.74, 6) is 0.476. The van der Waals surface area contributed by atoms with Crippen molar-refractivity contribution >= 4 is 10.0 Å². The number of sulfonamides is 1. The van der Waals surface area contributed by atoms with Crippen LogP contribution in [-0.2, 0) is 16.6 Å². The van der Waals surface area contributed by atoms with Crippen LogP contribution >= 0.6 is 0 Å². The number of para-hydroxylation sites is 1. The third-order valence-electron chi connectivity index (χ3n) is 4.76. The van der Waals surface area contributed by atoms with Crippen molar-refractivity contribution in [2.45, 2.75) is 25.3 Å². The Balaban J connectivity index is 1.65. The van der Waals surface area contributed by atoms with E-state index in [2.05, 4.69) is 4.90 Å². The minimum atomic E-state index is -3.60. The van der Waals surface area contributed by atoms with Gasteiger partial charge in [-0.3, -0.25) is 4.90 Å². The van der Waals surface area contributed by atoms with Crippen LogP contribution in [0.1, 0.15) is 18.1 Å². The summed E-state index contributed by atoms with van der Waals surface area (Å²) in [7, 11) is -3.60. The second-order valence-electron chi connectivity index (χ2n) is 6.63. The zero-order valence-corrected chi connectivity index (χ0v) is 16.5. The van der Waals surface area contributed by atoms with E-state index in [0.717, 1.165) is 17.9 Å². The SMILES string of the molecule is CCOc1ccccc1CN1CCN(S(=O)(=O)c2ccc(F)c(C)c2)CC1. The minimum Gasteiger partial charge on any atom is -0.494 e. The normalized spacial score (nSPS) is 16.4. The molecule has 5 nitrogen and oxygen atoms in total. The molecule has 1 fully saturated rings. The molecule has 1 aliphatic rings. The van der Waals surface area contributed by atoms with Gasteiger partial charge in [0, 0.05) is 38.3 Å². The lowest BCUT2D eigenvalue weighted by Gasteiger charge is -2.34. The van der Waals surface area contributed by atoms with Crippen molar-refractivity contribution in [2.24, 2.45) is 0 Å². The van der Waals surface area contributed by atoms with Crippen LogP contribution in [-0.4, -0.2) is 50.4 Å². The predicted molar refractivity (Wildman–Crippen MR) is 103 cm³/mol. The molecule has 146 valence electrons. The van der Waals surface area contributed by atoms with E-state index in [4.69, 9.17) is 4.74 Å². The lowest BCUT2D eigenvalue weighted by atomic mass is 10.2. The molecule has 0 aromatic heterocycles. The first-order chi connectivity index (χ1) is 12.9. The van der Waals surface area contributed by atoms with Crippen molar-refractivity contribution in [1.29, 1.82) is 0 Å². The standard InChI is InChI=1S/C20H25FN2O3S/c1-3-26-20-7-5-4-6-17(20)15-22-10-12-23(13-11-22)27(24,25)18-8-9-19(21)16(2)14-18/h4-9,14H,3,10-13,15H2,1-2H3. The third kappa shape index (κ3) is 4.48. The Hall–Kier alpha value is -1.96. The van der Waals surface area contributed by atoms with Crippen LogP contribution < -0.4 is 4.74 Å². The highest BCUT2D eigenvalue weighted by Gasteiger charge is 2.29. The van der Waals surface area contributed by atoms with E-state index in [1.54, 1.807) is 6.92 Å². The molecule has 0 atom stereocenters. The second-order valence-corrected chi connectivity index (χ2v) is 8.57. The van der Waals surface area contributed by atoms with E-state index in [9.17, 15) is 12.8 Å². The molecule has 0 unspecified atom stereocenters. The quantitative estimate of drug-likeness (QED) is 0.758. The number of hydrogen-bond donors (Lipinski definition) is 0. The molecule has 0 radical (unpaired) electrons. The number of rotatable bonds is 6. The van der Waals surface area contributed by atoms with Crippen LogP contribution in [0.15, 0.2) is 47.4 Å².